The van der Waals surface area contributed by atoms with Crippen molar-refractivity contribution >= 4 is 27.6 Å². The van der Waals surface area contributed by atoms with Gasteiger partial charge in [0, 0.05) is 12.2 Å². The van der Waals surface area contributed by atoms with Crippen LogP contribution in [-0.2, 0) is 19.6 Å². The van der Waals surface area contributed by atoms with E-state index in [2.05, 4.69) is 4.72 Å². The highest BCUT2D eigenvalue weighted by Gasteiger charge is 2.25. The second-order valence-corrected chi connectivity index (χ2v) is 7.59. The summed E-state index contributed by atoms with van der Waals surface area (Å²) in [5, 5.41) is 0. The predicted molar refractivity (Wildman–Crippen MR) is 102 cm³/mol. The van der Waals surface area contributed by atoms with Crippen LogP contribution < -0.4 is 9.62 Å². The number of carbonyl (C=O) groups excluding carboxylic acids is 2. The molecule has 0 radical (unpaired) electrons. The predicted octanol–water partition coefficient (Wildman–Crippen LogP) is 2.19. The van der Waals surface area contributed by atoms with E-state index in [0.717, 1.165) is 0 Å². The third-order valence-corrected chi connectivity index (χ3v) is 5.34. The van der Waals surface area contributed by atoms with Gasteiger partial charge in [-0.1, -0.05) is 24.3 Å². The average Bonchev–Trinajstić information content (AvgIpc) is 2.69. The molecular weight excluding hydrogens is 368 g/mol. The van der Waals surface area contributed by atoms with Crippen LogP contribution in [0.25, 0.3) is 0 Å². The van der Waals surface area contributed by atoms with E-state index in [1.54, 1.807) is 12.1 Å². The van der Waals surface area contributed by atoms with Crippen molar-refractivity contribution in [3.05, 3.63) is 60.2 Å². The summed E-state index contributed by atoms with van der Waals surface area (Å²) >= 11 is 0. The fraction of sp³-hybridized carbons (Fsp3) is 0.263. The lowest BCUT2D eigenvalue weighted by molar-refractivity contribution is -0.126. The lowest BCUT2D eigenvalue weighted by Crippen LogP contribution is -2.40. The Morgan fingerprint density at radius 1 is 1.11 bits per heavy atom. The lowest BCUT2D eigenvalue weighted by Gasteiger charge is -2.24. The topological polar surface area (TPSA) is 92.8 Å². The molecule has 0 heterocycles. The van der Waals surface area contributed by atoms with Gasteiger partial charge < -0.3 is 9.64 Å². The average molecular weight is 390 g/mol. The number of hydrogen-bond donors (Lipinski definition) is 1. The van der Waals surface area contributed by atoms with Crippen molar-refractivity contribution in [2.45, 2.75) is 24.8 Å². The second-order valence-electron chi connectivity index (χ2n) is 5.70. The summed E-state index contributed by atoms with van der Waals surface area (Å²) in [6.07, 6.45) is -1.03. The highest BCUT2D eigenvalue weighted by molar-refractivity contribution is 7.89. The monoisotopic (exact) mass is 390 g/mol. The zero-order chi connectivity index (χ0) is 20.0. The Bertz CT molecular complexity index is 913. The summed E-state index contributed by atoms with van der Waals surface area (Å²) in [4.78, 5) is 26.5. The molecule has 0 unspecified atom stereocenters. The Labute approximate surface area is 159 Å². The molecule has 0 aromatic heterocycles. The second kappa shape index (κ2) is 8.79. The van der Waals surface area contributed by atoms with Gasteiger partial charge in [0.05, 0.1) is 10.5 Å². The lowest BCUT2D eigenvalue weighted by atomic mass is 10.2. The SMILES string of the molecule is CCN(C(=O)[C@@H](C)OC(=O)c1cccc(S(=O)(=O)NC)c1)c1ccccc1. The van der Waals surface area contributed by atoms with E-state index in [4.69, 9.17) is 4.74 Å². The molecule has 1 atom stereocenters. The third-order valence-electron chi connectivity index (χ3n) is 3.93. The van der Waals surface area contributed by atoms with Gasteiger partial charge in [0.2, 0.25) is 10.0 Å². The maximum Gasteiger partial charge on any atom is 0.338 e. The quantitative estimate of drug-likeness (QED) is 0.732. The van der Waals surface area contributed by atoms with Crippen LogP contribution in [0, 0.1) is 0 Å². The normalized spacial score (nSPS) is 12.3. The summed E-state index contributed by atoms with van der Waals surface area (Å²) in [7, 11) is -2.40. The zero-order valence-corrected chi connectivity index (χ0v) is 16.2. The molecule has 144 valence electrons. The molecule has 1 N–H and O–H groups in total. The van der Waals surface area contributed by atoms with Crippen molar-refractivity contribution < 1.29 is 22.7 Å². The molecule has 0 spiro atoms. The van der Waals surface area contributed by atoms with Crippen LogP contribution in [0.1, 0.15) is 24.2 Å². The molecule has 8 heteroatoms. The Morgan fingerprint density at radius 2 is 1.78 bits per heavy atom. The molecule has 0 aliphatic heterocycles. The molecule has 2 aromatic rings. The van der Waals surface area contributed by atoms with E-state index in [1.807, 2.05) is 25.1 Å². The highest BCUT2D eigenvalue weighted by Crippen LogP contribution is 2.17. The van der Waals surface area contributed by atoms with Crippen LogP contribution in [0.15, 0.2) is 59.5 Å². The van der Waals surface area contributed by atoms with Gasteiger partial charge >= 0.3 is 5.97 Å². The van der Waals surface area contributed by atoms with Crippen LogP contribution >= 0.6 is 0 Å². The van der Waals surface area contributed by atoms with Crippen molar-refractivity contribution in [2.75, 3.05) is 18.5 Å². The van der Waals surface area contributed by atoms with E-state index in [-0.39, 0.29) is 16.4 Å². The Kier molecular flexibility index (Phi) is 6.70. The van der Waals surface area contributed by atoms with E-state index < -0.39 is 22.1 Å². The van der Waals surface area contributed by atoms with Gasteiger partial charge in [-0.25, -0.2) is 17.9 Å². The summed E-state index contributed by atoms with van der Waals surface area (Å²) in [6.45, 7) is 3.73. The number of carbonyl (C=O) groups is 2. The van der Waals surface area contributed by atoms with Gasteiger partial charge in [-0.3, -0.25) is 4.79 Å². The zero-order valence-electron chi connectivity index (χ0n) is 15.4. The molecular formula is C19H22N2O5S. The summed E-state index contributed by atoms with van der Waals surface area (Å²) in [5.74, 6) is -1.14. The van der Waals surface area contributed by atoms with E-state index in [9.17, 15) is 18.0 Å². The van der Waals surface area contributed by atoms with Gasteiger partial charge in [0.25, 0.3) is 5.91 Å². The minimum Gasteiger partial charge on any atom is -0.449 e. The van der Waals surface area contributed by atoms with Crippen LogP contribution in [0.2, 0.25) is 0 Å². The van der Waals surface area contributed by atoms with Crippen molar-refractivity contribution in [2.24, 2.45) is 0 Å². The molecule has 7 nitrogen and oxygen atoms in total. The third kappa shape index (κ3) is 4.93. The Morgan fingerprint density at radius 3 is 2.37 bits per heavy atom. The van der Waals surface area contributed by atoms with E-state index >= 15 is 0 Å². The Hall–Kier alpha value is -2.71. The van der Waals surface area contributed by atoms with E-state index in [1.165, 1.54) is 43.1 Å². The number of ether oxygens (including phenoxy) is 1. The van der Waals surface area contributed by atoms with Gasteiger partial charge in [0.1, 0.15) is 0 Å². The minimum absolute atomic E-state index is 0.0498. The van der Waals surface area contributed by atoms with Crippen molar-refractivity contribution in [1.29, 1.82) is 0 Å². The number of nitrogens with zero attached hydrogens (tertiary/aromatic N) is 1. The molecule has 27 heavy (non-hydrogen) atoms. The number of esters is 1. The minimum atomic E-state index is -3.69. The molecule has 2 rings (SSSR count). The van der Waals surface area contributed by atoms with Gasteiger partial charge in [-0.2, -0.15) is 0 Å². The van der Waals surface area contributed by atoms with E-state index in [0.29, 0.717) is 12.2 Å². The first-order valence-corrected chi connectivity index (χ1v) is 9.89. The van der Waals surface area contributed by atoms with Gasteiger partial charge in [-0.15, -0.1) is 0 Å². The van der Waals surface area contributed by atoms with Crippen molar-refractivity contribution in [3.8, 4) is 0 Å². The molecule has 0 saturated heterocycles. The smallest absolute Gasteiger partial charge is 0.338 e. The number of benzene rings is 2. The fourth-order valence-corrected chi connectivity index (χ4v) is 3.26. The molecule has 0 aliphatic carbocycles. The maximum atomic E-state index is 12.7. The molecule has 2 aromatic carbocycles. The van der Waals surface area contributed by atoms with Crippen molar-refractivity contribution in [3.63, 3.8) is 0 Å². The maximum absolute atomic E-state index is 12.7. The number of anilines is 1. The summed E-state index contributed by atoms with van der Waals surface area (Å²) < 4.78 is 31.2. The number of sulfonamides is 1. The van der Waals surface area contributed by atoms with Crippen LogP contribution in [0.3, 0.4) is 0 Å². The highest BCUT2D eigenvalue weighted by atomic mass is 32.2. The number of rotatable bonds is 7. The number of nitrogens with one attached hydrogen (secondary N) is 1. The van der Waals surface area contributed by atoms with Crippen LogP contribution in [0.5, 0.6) is 0 Å². The first kappa shape index (κ1) is 20.6. The number of para-hydroxylation sites is 1. The molecule has 0 saturated carbocycles. The largest absolute Gasteiger partial charge is 0.449 e. The molecule has 0 fully saturated rings. The summed E-state index contributed by atoms with van der Waals surface area (Å²) in [5.41, 5.74) is 0.753. The molecule has 0 aliphatic rings. The van der Waals surface area contributed by atoms with Crippen LogP contribution in [0.4, 0.5) is 5.69 Å². The first-order chi connectivity index (χ1) is 12.8. The van der Waals surface area contributed by atoms with Crippen LogP contribution in [-0.4, -0.2) is 40.0 Å². The summed E-state index contributed by atoms with van der Waals surface area (Å²) in [6, 6.07) is 14.5. The van der Waals surface area contributed by atoms with Gasteiger partial charge in [0.15, 0.2) is 6.10 Å². The molecule has 0 bridgehead atoms. The number of amides is 1. The Balaban J connectivity index is 2.15. The molecule has 1 amide bonds. The number of likely N-dealkylation sites (N-methyl/N-ethyl adjacent to an activating group) is 1. The number of hydrogen-bond acceptors (Lipinski definition) is 5. The van der Waals surface area contributed by atoms with Gasteiger partial charge in [-0.05, 0) is 51.2 Å². The standard InChI is InChI=1S/C19H22N2O5S/c1-4-21(16-10-6-5-7-11-16)18(22)14(2)26-19(23)15-9-8-12-17(13-15)27(24,25)20-3/h5-14,20H,4H2,1-3H3/t14-/m1/s1. The van der Waals surface area contributed by atoms with Crippen molar-refractivity contribution in [1.82, 2.24) is 4.72 Å². The fourth-order valence-electron chi connectivity index (χ4n) is 2.48. The first-order valence-electron chi connectivity index (χ1n) is 8.41.